The predicted octanol–water partition coefficient (Wildman–Crippen LogP) is 1.48. The van der Waals surface area contributed by atoms with Crippen LogP contribution in [0.4, 0.5) is 0 Å². The first-order chi connectivity index (χ1) is 8.13. The largest absolute Gasteiger partial charge is 0.481 e. The molecule has 0 saturated carbocycles. The van der Waals surface area contributed by atoms with Crippen LogP contribution in [0.3, 0.4) is 0 Å². The van der Waals surface area contributed by atoms with Gasteiger partial charge in [0.25, 0.3) is 0 Å². The summed E-state index contributed by atoms with van der Waals surface area (Å²) in [6.07, 6.45) is 0.595. The van der Waals surface area contributed by atoms with Gasteiger partial charge in [0.15, 0.2) is 0 Å². The molecule has 0 aliphatic carbocycles. The summed E-state index contributed by atoms with van der Waals surface area (Å²) in [4.78, 5) is 24.2. The number of nitrogens with zero attached hydrogens (tertiary/aromatic N) is 1. The quantitative estimate of drug-likeness (QED) is 0.725. The molecule has 0 fully saturated rings. The fourth-order valence-electron chi connectivity index (χ4n) is 1.51. The molecule has 0 saturated heterocycles. The van der Waals surface area contributed by atoms with E-state index in [1.54, 1.807) is 4.90 Å². The van der Waals surface area contributed by atoms with Crippen molar-refractivity contribution in [3.63, 3.8) is 0 Å². The number of carbonyl (C=O) groups excluding carboxylic acids is 1. The minimum atomic E-state index is -0.820. The highest BCUT2D eigenvalue weighted by molar-refractivity contribution is 5.78. The summed E-state index contributed by atoms with van der Waals surface area (Å²) in [5, 5.41) is 11.7. The second-order valence-corrected chi connectivity index (χ2v) is 5.78. The molecule has 0 bridgehead atoms. The van der Waals surface area contributed by atoms with E-state index in [1.165, 1.54) is 0 Å². The molecule has 2 N–H and O–H groups in total. The molecule has 5 nitrogen and oxygen atoms in total. The first-order valence-electron chi connectivity index (χ1n) is 6.40. The van der Waals surface area contributed by atoms with Crippen LogP contribution in [0.25, 0.3) is 0 Å². The van der Waals surface area contributed by atoms with E-state index in [4.69, 9.17) is 5.11 Å². The van der Waals surface area contributed by atoms with E-state index in [-0.39, 0.29) is 30.5 Å². The van der Waals surface area contributed by atoms with Gasteiger partial charge in [0.2, 0.25) is 5.91 Å². The maximum absolute atomic E-state index is 12.0. The summed E-state index contributed by atoms with van der Waals surface area (Å²) in [7, 11) is 0. The molecule has 0 rings (SSSR count). The van der Waals surface area contributed by atoms with E-state index in [0.29, 0.717) is 13.0 Å². The molecule has 0 aromatic carbocycles. The number of hydrogen-bond donors (Lipinski definition) is 2. The molecule has 0 unspecified atom stereocenters. The van der Waals surface area contributed by atoms with Gasteiger partial charge in [-0.25, -0.2) is 0 Å². The van der Waals surface area contributed by atoms with Crippen LogP contribution in [-0.2, 0) is 9.59 Å². The fourth-order valence-corrected chi connectivity index (χ4v) is 1.51. The Morgan fingerprint density at radius 2 is 1.83 bits per heavy atom. The van der Waals surface area contributed by atoms with Crippen molar-refractivity contribution in [2.75, 3.05) is 13.1 Å². The van der Waals surface area contributed by atoms with Crippen LogP contribution in [0.5, 0.6) is 0 Å². The van der Waals surface area contributed by atoms with E-state index < -0.39 is 5.97 Å². The molecule has 0 atom stereocenters. The number of carboxylic acid groups (broad SMARTS) is 1. The number of carboxylic acids is 1. The molecule has 106 valence electrons. The second kappa shape index (κ2) is 7.36. The third-order valence-corrected chi connectivity index (χ3v) is 2.50. The average molecular weight is 258 g/mol. The molecule has 0 heterocycles. The number of hydrogen-bond acceptors (Lipinski definition) is 3. The van der Waals surface area contributed by atoms with Gasteiger partial charge < -0.3 is 15.3 Å². The first kappa shape index (κ1) is 16.9. The molecule has 0 aliphatic heterocycles. The van der Waals surface area contributed by atoms with Gasteiger partial charge in [-0.3, -0.25) is 9.59 Å². The Labute approximate surface area is 110 Å². The summed E-state index contributed by atoms with van der Waals surface area (Å²) in [5.41, 5.74) is -0.0978. The van der Waals surface area contributed by atoms with E-state index in [1.807, 2.05) is 34.6 Å². The Kier molecular flexibility index (Phi) is 6.91. The van der Waals surface area contributed by atoms with Gasteiger partial charge in [0.05, 0.1) is 6.54 Å². The predicted molar refractivity (Wildman–Crippen MR) is 71.5 cm³/mol. The smallest absolute Gasteiger partial charge is 0.303 e. The van der Waals surface area contributed by atoms with Crippen molar-refractivity contribution >= 4 is 11.9 Å². The van der Waals surface area contributed by atoms with Crippen LogP contribution < -0.4 is 5.32 Å². The van der Waals surface area contributed by atoms with Crippen LogP contribution in [0.2, 0.25) is 0 Å². The number of carbonyl (C=O) groups is 2. The highest BCUT2D eigenvalue weighted by Gasteiger charge is 2.19. The van der Waals surface area contributed by atoms with E-state index in [2.05, 4.69) is 5.32 Å². The Bertz CT molecular complexity index is 282. The maximum Gasteiger partial charge on any atom is 0.303 e. The molecular formula is C13H26N2O3. The first-order valence-corrected chi connectivity index (χ1v) is 6.40. The SMILES string of the molecule is CC(C)N(CCCC(=O)O)C(=O)CNC(C)(C)C. The van der Waals surface area contributed by atoms with Crippen LogP contribution in [0.1, 0.15) is 47.5 Å². The van der Waals surface area contributed by atoms with Gasteiger partial charge >= 0.3 is 5.97 Å². The normalized spacial score (nSPS) is 11.7. The van der Waals surface area contributed by atoms with Crippen LogP contribution >= 0.6 is 0 Å². The van der Waals surface area contributed by atoms with Gasteiger partial charge in [-0.05, 0) is 41.0 Å². The van der Waals surface area contributed by atoms with Crippen molar-refractivity contribution in [3.8, 4) is 0 Å². The Morgan fingerprint density at radius 1 is 1.28 bits per heavy atom. The number of rotatable bonds is 7. The zero-order valence-corrected chi connectivity index (χ0v) is 12.1. The van der Waals surface area contributed by atoms with Crippen molar-refractivity contribution in [3.05, 3.63) is 0 Å². The highest BCUT2D eigenvalue weighted by atomic mass is 16.4. The molecular weight excluding hydrogens is 232 g/mol. The van der Waals surface area contributed by atoms with Crippen LogP contribution in [0, 0.1) is 0 Å². The number of aliphatic carboxylic acids is 1. The minimum Gasteiger partial charge on any atom is -0.481 e. The number of amides is 1. The monoisotopic (exact) mass is 258 g/mol. The second-order valence-electron chi connectivity index (χ2n) is 5.78. The van der Waals surface area contributed by atoms with E-state index >= 15 is 0 Å². The lowest BCUT2D eigenvalue weighted by atomic mass is 10.1. The van der Waals surface area contributed by atoms with Gasteiger partial charge in [0, 0.05) is 24.5 Å². The van der Waals surface area contributed by atoms with Crippen molar-refractivity contribution in [1.82, 2.24) is 10.2 Å². The summed E-state index contributed by atoms with van der Waals surface area (Å²) in [6.45, 7) is 10.7. The Balaban J connectivity index is 4.24. The maximum atomic E-state index is 12.0. The fraction of sp³-hybridized carbons (Fsp3) is 0.846. The van der Waals surface area contributed by atoms with Gasteiger partial charge in [-0.2, -0.15) is 0 Å². The third-order valence-electron chi connectivity index (χ3n) is 2.50. The van der Waals surface area contributed by atoms with Gasteiger partial charge in [-0.1, -0.05) is 0 Å². The standard InChI is InChI=1S/C13H26N2O3/c1-10(2)15(8-6-7-12(17)18)11(16)9-14-13(3,4)5/h10,14H,6-9H2,1-5H3,(H,17,18). The molecule has 18 heavy (non-hydrogen) atoms. The molecule has 1 amide bonds. The molecule has 0 aromatic heterocycles. The molecule has 0 aliphatic rings. The summed E-state index contributed by atoms with van der Waals surface area (Å²) in [6, 6.07) is 0.0908. The lowest BCUT2D eigenvalue weighted by molar-refractivity contribution is -0.138. The third kappa shape index (κ3) is 8.06. The van der Waals surface area contributed by atoms with E-state index in [9.17, 15) is 9.59 Å². The van der Waals surface area contributed by atoms with Crippen molar-refractivity contribution in [1.29, 1.82) is 0 Å². The van der Waals surface area contributed by atoms with Crippen molar-refractivity contribution < 1.29 is 14.7 Å². The highest BCUT2D eigenvalue weighted by Crippen LogP contribution is 2.04. The average Bonchev–Trinajstić information content (AvgIpc) is 2.19. The van der Waals surface area contributed by atoms with Crippen LogP contribution in [-0.4, -0.2) is 46.6 Å². The summed E-state index contributed by atoms with van der Waals surface area (Å²) in [5.74, 6) is -0.802. The topological polar surface area (TPSA) is 69.6 Å². The lowest BCUT2D eigenvalue weighted by Crippen LogP contribution is -2.47. The Morgan fingerprint density at radius 3 is 2.22 bits per heavy atom. The minimum absolute atomic E-state index is 0.0188. The molecule has 0 aromatic rings. The van der Waals surface area contributed by atoms with Crippen molar-refractivity contribution in [2.45, 2.75) is 59.0 Å². The zero-order valence-electron chi connectivity index (χ0n) is 12.1. The Hall–Kier alpha value is -1.10. The lowest BCUT2D eigenvalue weighted by Gasteiger charge is -2.29. The molecule has 0 radical (unpaired) electrons. The number of nitrogens with one attached hydrogen (secondary N) is 1. The molecule has 5 heteroatoms. The summed E-state index contributed by atoms with van der Waals surface area (Å²) >= 11 is 0. The van der Waals surface area contributed by atoms with Gasteiger partial charge in [-0.15, -0.1) is 0 Å². The molecule has 0 spiro atoms. The summed E-state index contributed by atoms with van der Waals surface area (Å²) < 4.78 is 0. The zero-order chi connectivity index (χ0) is 14.3. The van der Waals surface area contributed by atoms with Crippen LogP contribution in [0.15, 0.2) is 0 Å². The van der Waals surface area contributed by atoms with E-state index in [0.717, 1.165) is 0 Å². The van der Waals surface area contributed by atoms with Gasteiger partial charge in [0.1, 0.15) is 0 Å². The van der Waals surface area contributed by atoms with Crippen molar-refractivity contribution in [2.24, 2.45) is 0 Å².